The van der Waals surface area contributed by atoms with Gasteiger partial charge in [0.1, 0.15) is 0 Å². The number of hydrogen-bond donors (Lipinski definition) is 0. The number of rotatable bonds is 0. The Kier molecular flexibility index (Phi) is 0.662. The quantitative estimate of drug-likeness (QED) is 0.426. The molecule has 1 nitrogen and oxygen atoms in total. The Morgan fingerprint density at radius 1 is 1.75 bits per heavy atom. The van der Waals surface area contributed by atoms with Crippen molar-refractivity contribution in [2.75, 3.05) is 0 Å². The summed E-state index contributed by atoms with van der Waals surface area (Å²) in [5, 5.41) is 0. The maximum absolute atomic E-state index is 5.44. The van der Waals surface area contributed by atoms with Crippen LogP contribution in [0.4, 0.5) is 0 Å². The minimum absolute atomic E-state index is 0.120. The highest BCUT2D eigenvalue weighted by atomic mass is 16.5. The summed E-state index contributed by atoms with van der Waals surface area (Å²) in [6, 6.07) is 0. The average Bonchev–Trinajstić information content (AvgIpc) is 2.21. The summed E-state index contributed by atoms with van der Waals surface area (Å²) < 4.78 is 5.44. The molecule has 0 amide bonds. The second-order valence-corrected chi connectivity index (χ2v) is 2.62. The molecule has 2 rings (SSSR count). The molecule has 0 aromatic heterocycles. The van der Waals surface area contributed by atoms with Crippen LogP contribution in [0.25, 0.3) is 0 Å². The van der Waals surface area contributed by atoms with Crippen LogP contribution in [-0.2, 0) is 4.74 Å². The second-order valence-electron chi connectivity index (χ2n) is 2.62. The van der Waals surface area contributed by atoms with Gasteiger partial charge in [-0.2, -0.15) is 0 Å². The lowest BCUT2D eigenvalue weighted by Crippen LogP contribution is -2.16. The van der Waals surface area contributed by atoms with Gasteiger partial charge in [-0.05, 0) is 19.8 Å². The molecule has 2 aliphatic heterocycles. The lowest BCUT2D eigenvalue weighted by atomic mass is 9.97. The molecule has 1 fully saturated rings. The van der Waals surface area contributed by atoms with E-state index in [9.17, 15) is 0 Å². The van der Waals surface area contributed by atoms with Gasteiger partial charge in [-0.1, -0.05) is 12.2 Å². The van der Waals surface area contributed by atoms with Crippen LogP contribution in [-0.4, -0.2) is 11.7 Å². The molecule has 1 heteroatoms. The molecule has 1 radical (unpaired) electrons. The minimum Gasteiger partial charge on any atom is -0.364 e. The van der Waals surface area contributed by atoms with Gasteiger partial charge in [0.15, 0.2) is 0 Å². The zero-order valence-corrected chi connectivity index (χ0v) is 4.76. The molecule has 0 aromatic carbocycles. The van der Waals surface area contributed by atoms with Crippen molar-refractivity contribution in [3.8, 4) is 0 Å². The van der Waals surface area contributed by atoms with E-state index in [0.717, 1.165) is 6.42 Å². The second kappa shape index (κ2) is 1.16. The first-order valence-electron chi connectivity index (χ1n) is 3.01. The third kappa shape index (κ3) is 0.451. The molecule has 2 atom stereocenters. The van der Waals surface area contributed by atoms with Gasteiger partial charge in [0.05, 0.1) is 11.7 Å². The van der Waals surface area contributed by atoms with E-state index in [1.54, 1.807) is 0 Å². The van der Waals surface area contributed by atoms with Crippen molar-refractivity contribution in [2.45, 2.75) is 24.5 Å². The molecule has 0 aliphatic carbocycles. The molecule has 0 aromatic rings. The fourth-order valence-corrected chi connectivity index (χ4v) is 1.35. The molecule has 2 heterocycles. The van der Waals surface area contributed by atoms with Crippen LogP contribution in [0.1, 0.15) is 12.8 Å². The predicted molar refractivity (Wildman–Crippen MR) is 31.3 cm³/mol. The van der Waals surface area contributed by atoms with E-state index in [2.05, 4.69) is 19.1 Å². The Morgan fingerprint density at radius 3 is 2.75 bits per heavy atom. The molecular weight excluding hydrogens is 100 g/mol. The smallest absolute Gasteiger partial charge is 0.0873 e. The number of hydrogen-bond acceptors (Lipinski definition) is 1. The van der Waals surface area contributed by atoms with Crippen LogP contribution in [0.5, 0.6) is 0 Å². The molecule has 2 bridgehead atoms. The number of ether oxygens (including phenoxy) is 1. The van der Waals surface area contributed by atoms with Crippen LogP contribution in [0, 0.1) is 6.92 Å². The van der Waals surface area contributed by atoms with Crippen molar-refractivity contribution in [3.63, 3.8) is 0 Å². The van der Waals surface area contributed by atoms with Gasteiger partial charge in [-0.15, -0.1) is 0 Å². The molecule has 0 N–H and O–H groups in total. The van der Waals surface area contributed by atoms with E-state index < -0.39 is 0 Å². The molecule has 0 saturated carbocycles. The fourth-order valence-electron chi connectivity index (χ4n) is 1.35. The van der Waals surface area contributed by atoms with Crippen LogP contribution in [0.3, 0.4) is 0 Å². The highest BCUT2D eigenvalue weighted by Gasteiger charge is 2.37. The summed E-state index contributed by atoms with van der Waals surface area (Å²) in [6.07, 6.45) is 6.85. The predicted octanol–water partition coefficient (Wildman–Crippen LogP) is 1.31. The Morgan fingerprint density at radius 2 is 2.62 bits per heavy atom. The lowest BCUT2D eigenvalue weighted by Gasteiger charge is -2.13. The van der Waals surface area contributed by atoms with Gasteiger partial charge in [0, 0.05) is 0 Å². The van der Waals surface area contributed by atoms with Crippen LogP contribution in [0.2, 0.25) is 0 Å². The third-order valence-electron chi connectivity index (χ3n) is 1.85. The zero-order valence-electron chi connectivity index (χ0n) is 4.76. The third-order valence-corrected chi connectivity index (χ3v) is 1.85. The van der Waals surface area contributed by atoms with Crippen molar-refractivity contribution < 1.29 is 4.74 Å². The summed E-state index contributed by atoms with van der Waals surface area (Å²) in [6.45, 7) is 3.92. The SMILES string of the molecule is [CH2]C12C=CC(CC1)O2. The Bertz CT molecular complexity index is 139. The van der Waals surface area contributed by atoms with Crippen molar-refractivity contribution in [1.29, 1.82) is 0 Å². The van der Waals surface area contributed by atoms with Crippen molar-refractivity contribution in [3.05, 3.63) is 19.1 Å². The molecule has 0 spiro atoms. The normalized spacial score (nSPS) is 50.9. The van der Waals surface area contributed by atoms with Gasteiger partial charge in [0.2, 0.25) is 0 Å². The first-order chi connectivity index (χ1) is 3.79. The topological polar surface area (TPSA) is 9.23 Å². The maximum Gasteiger partial charge on any atom is 0.0873 e. The standard InChI is InChI=1S/C7H9O/c1-7-4-2-6(8-7)3-5-7/h2,4,6H,1,3,5H2. The largest absolute Gasteiger partial charge is 0.364 e. The first kappa shape index (κ1) is 4.57. The molecule has 1 saturated heterocycles. The van der Waals surface area contributed by atoms with Gasteiger partial charge in [-0.3, -0.25) is 0 Å². The van der Waals surface area contributed by atoms with Gasteiger partial charge in [0.25, 0.3) is 0 Å². The van der Waals surface area contributed by atoms with Gasteiger partial charge >= 0.3 is 0 Å². The van der Waals surface area contributed by atoms with Gasteiger partial charge in [-0.25, -0.2) is 0 Å². The van der Waals surface area contributed by atoms with Crippen molar-refractivity contribution in [2.24, 2.45) is 0 Å². The van der Waals surface area contributed by atoms with E-state index in [4.69, 9.17) is 4.74 Å². The lowest BCUT2D eigenvalue weighted by molar-refractivity contribution is 0.0657. The summed E-state index contributed by atoms with van der Waals surface area (Å²) in [4.78, 5) is 0. The van der Waals surface area contributed by atoms with Crippen molar-refractivity contribution in [1.82, 2.24) is 0 Å². The maximum atomic E-state index is 5.44. The molecule has 2 unspecified atom stereocenters. The van der Waals surface area contributed by atoms with E-state index in [-0.39, 0.29) is 5.60 Å². The highest BCUT2D eigenvalue weighted by molar-refractivity contribution is 5.18. The Balaban J connectivity index is 2.33. The molecule has 8 heavy (non-hydrogen) atoms. The average molecular weight is 109 g/mol. The summed E-state index contributed by atoms with van der Waals surface area (Å²) in [7, 11) is 0. The molecular formula is C7H9O. The summed E-state index contributed by atoms with van der Waals surface area (Å²) in [5.41, 5.74) is -0.120. The van der Waals surface area contributed by atoms with Crippen LogP contribution < -0.4 is 0 Å². The zero-order chi connectivity index (χ0) is 5.61. The highest BCUT2D eigenvalue weighted by Crippen LogP contribution is 2.36. The Hall–Kier alpha value is -0.300. The van der Waals surface area contributed by atoms with E-state index >= 15 is 0 Å². The van der Waals surface area contributed by atoms with E-state index in [1.165, 1.54) is 6.42 Å². The number of fused-ring (bicyclic) bond motifs is 2. The van der Waals surface area contributed by atoms with Crippen molar-refractivity contribution >= 4 is 0 Å². The van der Waals surface area contributed by atoms with Crippen LogP contribution in [0.15, 0.2) is 12.2 Å². The van der Waals surface area contributed by atoms with E-state index in [1.807, 2.05) is 0 Å². The molecule has 43 valence electrons. The minimum atomic E-state index is -0.120. The summed E-state index contributed by atoms with van der Waals surface area (Å²) >= 11 is 0. The van der Waals surface area contributed by atoms with Gasteiger partial charge < -0.3 is 4.74 Å². The molecule has 2 aliphatic rings. The summed E-state index contributed by atoms with van der Waals surface area (Å²) in [5.74, 6) is 0. The van der Waals surface area contributed by atoms with E-state index in [0.29, 0.717) is 6.10 Å². The monoisotopic (exact) mass is 109 g/mol. The van der Waals surface area contributed by atoms with Crippen LogP contribution >= 0.6 is 0 Å². The Labute approximate surface area is 49.3 Å². The fraction of sp³-hybridized carbons (Fsp3) is 0.571. The first-order valence-corrected chi connectivity index (χ1v) is 3.01.